The number of aromatic nitrogens is 1. The van der Waals surface area contributed by atoms with Crippen LogP contribution in [0, 0.1) is 0 Å². The van der Waals surface area contributed by atoms with Crippen molar-refractivity contribution >= 4 is 21.2 Å². The normalized spacial score (nSPS) is 27.6. The highest BCUT2D eigenvalue weighted by atomic mass is 32.2. The molecule has 1 fully saturated rings. The molecule has 1 aliphatic heterocycles. The standard InChI is InChI=1S/C12H19NO3S2/c1-11(2,3)9-7-17-10(13-9)6-12(14)4-5-18(15,16)8-12/h7,14H,4-6,8H2,1-3H3. The fourth-order valence-electron chi connectivity index (χ4n) is 2.06. The third kappa shape index (κ3) is 3.10. The van der Waals surface area contributed by atoms with Crippen molar-refractivity contribution in [2.45, 2.75) is 44.6 Å². The quantitative estimate of drug-likeness (QED) is 0.896. The molecule has 0 saturated carbocycles. The molecule has 0 spiro atoms. The highest BCUT2D eigenvalue weighted by molar-refractivity contribution is 7.91. The number of sulfone groups is 1. The second kappa shape index (κ2) is 4.28. The van der Waals surface area contributed by atoms with Crippen LogP contribution >= 0.6 is 11.3 Å². The number of nitrogens with zero attached hydrogens (tertiary/aromatic N) is 1. The molecule has 0 aromatic carbocycles. The van der Waals surface area contributed by atoms with Gasteiger partial charge >= 0.3 is 0 Å². The molecule has 1 N–H and O–H groups in total. The third-order valence-corrected chi connectivity index (χ3v) is 5.82. The van der Waals surface area contributed by atoms with E-state index in [0.29, 0.717) is 12.8 Å². The zero-order valence-corrected chi connectivity index (χ0v) is 12.6. The molecule has 0 amide bonds. The lowest BCUT2D eigenvalue weighted by Gasteiger charge is -2.19. The van der Waals surface area contributed by atoms with E-state index >= 15 is 0 Å². The van der Waals surface area contributed by atoms with Gasteiger partial charge in [0.25, 0.3) is 0 Å². The van der Waals surface area contributed by atoms with Crippen LogP contribution in [0.15, 0.2) is 5.38 Å². The topological polar surface area (TPSA) is 67.3 Å². The highest BCUT2D eigenvalue weighted by Crippen LogP contribution is 2.30. The third-order valence-electron chi connectivity index (χ3n) is 3.17. The van der Waals surface area contributed by atoms with Gasteiger partial charge in [0.1, 0.15) is 0 Å². The van der Waals surface area contributed by atoms with E-state index in [2.05, 4.69) is 25.8 Å². The fraction of sp³-hybridized carbons (Fsp3) is 0.750. The van der Waals surface area contributed by atoms with Gasteiger partial charge in [-0.05, 0) is 6.42 Å². The Morgan fingerprint density at radius 2 is 2.17 bits per heavy atom. The predicted octanol–water partition coefficient (Wildman–Crippen LogP) is 1.53. The summed E-state index contributed by atoms with van der Waals surface area (Å²) in [5.74, 6) is -0.0502. The summed E-state index contributed by atoms with van der Waals surface area (Å²) in [5.41, 5.74) is -0.141. The molecule has 0 bridgehead atoms. The summed E-state index contributed by atoms with van der Waals surface area (Å²) in [6.07, 6.45) is 0.659. The molecule has 4 nitrogen and oxygen atoms in total. The number of thiazole rings is 1. The molecular weight excluding hydrogens is 270 g/mol. The Morgan fingerprint density at radius 3 is 2.61 bits per heavy atom. The maximum absolute atomic E-state index is 11.4. The van der Waals surface area contributed by atoms with Gasteiger partial charge in [-0.15, -0.1) is 11.3 Å². The average molecular weight is 289 g/mol. The first-order chi connectivity index (χ1) is 8.10. The van der Waals surface area contributed by atoms with Crippen LogP contribution in [0.3, 0.4) is 0 Å². The van der Waals surface area contributed by atoms with Crippen molar-refractivity contribution in [1.82, 2.24) is 4.98 Å². The summed E-state index contributed by atoms with van der Waals surface area (Å²) in [4.78, 5) is 4.50. The van der Waals surface area contributed by atoms with E-state index in [1.54, 1.807) is 0 Å². The van der Waals surface area contributed by atoms with E-state index in [-0.39, 0.29) is 16.9 Å². The van der Waals surface area contributed by atoms with Crippen LogP contribution in [0.4, 0.5) is 0 Å². The molecular formula is C12H19NO3S2. The smallest absolute Gasteiger partial charge is 0.153 e. The van der Waals surface area contributed by atoms with Gasteiger partial charge in [0, 0.05) is 17.2 Å². The first-order valence-electron chi connectivity index (χ1n) is 5.97. The minimum Gasteiger partial charge on any atom is -0.388 e. The largest absolute Gasteiger partial charge is 0.388 e. The molecule has 1 saturated heterocycles. The molecule has 0 radical (unpaired) electrons. The van der Waals surface area contributed by atoms with E-state index < -0.39 is 15.4 Å². The number of hydrogen-bond donors (Lipinski definition) is 1. The summed E-state index contributed by atoms with van der Waals surface area (Å²) in [6, 6.07) is 0. The van der Waals surface area contributed by atoms with Crippen LogP contribution in [0.2, 0.25) is 0 Å². The zero-order valence-electron chi connectivity index (χ0n) is 10.9. The maximum atomic E-state index is 11.4. The van der Waals surface area contributed by atoms with Crippen molar-refractivity contribution in [3.8, 4) is 0 Å². The van der Waals surface area contributed by atoms with Gasteiger partial charge in [-0.2, -0.15) is 0 Å². The van der Waals surface area contributed by atoms with Gasteiger partial charge in [0.05, 0.1) is 27.8 Å². The number of rotatable bonds is 2. The van der Waals surface area contributed by atoms with Gasteiger partial charge in [-0.3, -0.25) is 0 Å². The molecule has 1 aromatic rings. The molecule has 1 unspecified atom stereocenters. The highest BCUT2D eigenvalue weighted by Gasteiger charge is 2.41. The first-order valence-corrected chi connectivity index (χ1v) is 8.68. The average Bonchev–Trinajstić information content (AvgIpc) is 2.71. The monoisotopic (exact) mass is 289 g/mol. The van der Waals surface area contributed by atoms with Crippen LogP contribution < -0.4 is 0 Å². The van der Waals surface area contributed by atoms with Gasteiger partial charge in [0.2, 0.25) is 0 Å². The van der Waals surface area contributed by atoms with Crippen molar-refractivity contribution in [3.05, 3.63) is 16.1 Å². The van der Waals surface area contributed by atoms with Crippen LogP contribution in [0.25, 0.3) is 0 Å². The number of hydrogen-bond acceptors (Lipinski definition) is 5. The molecule has 2 heterocycles. The molecule has 1 aliphatic rings. The summed E-state index contributed by atoms with van der Waals surface area (Å²) < 4.78 is 22.8. The molecule has 102 valence electrons. The van der Waals surface area contributed by atoms with E-state index in [4.69, 9.17) is 0 Å². The van der Waals surface area contributed by atoms with E-state index in [0.717, 1.165) is 10.7 Å². The van der Waals surface area contributed by atoms with E-state index in [1.807, 2.05) is 5.38 Å². The Labute approximate surface area is 112 Å². The minimum absolute atomic E-state index is 0.0148. The van der Waals surface area contributed by atoms with Crippen molar-refractivity contribution in [2.24, 2.45) is 0 Å². The van der Waals surface area contributed by atoms with Gasteiger partial charge < -0.3 is 5.11 Å². The van der Waals surface area contributed by atoms with Crippen LogP contribution in [-0.2, 0) is 21.7 Å². The molecule has 18 heavy (non-hydrogen) atoms. The van der Waals surface area contributed by atoms with Crippen LogP contribution in [0.1, 0.15) is 37.9 Å². The Kier molecular flexibility index (Phi) is 3.32. The van der Waals surface area contributed by atoms with Crippen LogP contribution in [-0.4, -0.2) is 35.6 Å². The van der Waals surface area contributed by atoms with Crippen LogP contribution in [0.5, 0.6) is 0 Å². The second-order valence-corrected chi connectivity index (χ2v) is 9.25. The summed E-state index contributed by atoms with van der Waals surface area (Å²) >= 11 is 1.50. The molecule has 1 atom stereocenters. The summed E-state index contributed by atoms with van der Waals surface area (Å²) in [5, 5.41) is 13.1. The lowest BCUT2D eigenvalue weighted by Crippen LogP contribution is -2.32. The Morgan fingerprint density at radius 1 is 1.50 bits per heavy atom. The predicted molar refractivity (Wildman–Crippen MR) is 72.7 cm³/mol. The lowest BCUT2D eigenvalue weighted by atomic mass is 9.93. The SMILES string of the molecule is CC(C)(C)c1csc(CC2(O)CCS(=O)(=O)C2)n1. The Balaban J connectivity index is 2.13. The first kappa shape index (κ1) is 14.0. The Bertz CT molecular complexity index is 542. The maximum Gasteiger partial charge on any atom is 0.153 e. The van der Waals surface area contributed by atoms with Gasteiger partial charge in [-0.1, -0.05) is 20.8 Å². The van der Waals surface area contributed by atoms with E-state index in [1.165, 1.54) is 11.3 Å². The Hall–Kier alpha value is -0.460. The second-order valence-electron chi connectivity index (χ2n) is 6.12. The van der Waals surface area contributed by atoms with Crippen molar-refractivity contribution in [2.75, 3.05) is 11.5 Å². The zero-order chi connectivity index (χ0) is 13.6. The minimum atomic E-state index is -3.07. The molecule has 0 aliphatic carbocycles. The molecule has 1 aromatic heterocycles. The fourth-order valence-corrected chi connectivity index (χ4v) is 5.11. The van der Waals surface area contributed by atoms with E-state index in [9.17, 15) is 13.5 Å². The summed E-state index contributed by atoms with van der Waals surface area (Å²) in [7, 11) is -3.07. The van der Waals surface area contributed by atoms with Crippen molar-refractivity contribution < 1.29 is 13.5 Å². The van der Waals surface area contributed by atoms with Crippen molar-refractivity contribution in [3.63, 3.8) is 0 Å². The molecule has 2 rings (SSSR count). The number of aliphatic hydroxyl groups is 1. The van der Waals surface area contributed by atoms with Gasteiger partial charge in [0.15, 0.2) is 9.84 Å². The lowest BCUT2D eigenvalue weighted by molar-refractivity contribution is 0.0680. The molecule has 6 heteroatoms. The van der Waals surface area contributed by atoms with Gasteiger partial charge in [-0.25, -0.2) is 13.4 Å². The summed E-state index contributed by atoms with van der Waals surface area (Å²) in [6.45, 7) is 6.25. The van der Waals surface area contributed by atoms with Crippen molar-refractivity contribution in [1.29, 1.82) is 0 Å².